The monoisotopic (exact) mass is 195 g/mol. The zero-order chi connectivity index (χ0) is 10.6. The molecule has 1 unspecified atom stereocenters. The van der Waals surface area contributed by atoms with Gasteiger partial charge in [-0.05, 0) is 33.2 Å². The summed E-state index contributed by atoms with van der Waals surface area (Å²) >= 11 is 0. The van der Waals surface area contributed by atoms with Crippen LogP contribution in [0.3, 0.4) is 0 Å². The number of anilines is 1. The lowest BCUT2D eigenvalue weighted by atomic mass is 10.3. The molecule has 0 bridgehead atoms. The van der Waals surface area contributed by atoms with Crippen LogP contribution in [-0.4, -0.2) is 36.6 Å². The van der Waals surface area contributed by atoms with Gasteiger partial charge in [0.25, 0.3) is 0 Å². The predicted octanol–water partition coefficient (Wildman–Crippen LogP) is 0.993. The van der Waals surface area contributed by atoms with Gasteiger partial charge in [-0.25, -0.2) is 4.98 Å². The second kappa shape index (κ2) is 4.81. The number of pyridine rings is 1. The second-order valence-electron chi connectivity index (χ2n) is 3.61. The fourth-order valence-electron chi connectivity index (χ4n) is 1.25. The third-order valence-electron chi connectivity index (χ3n) is 1.72. The van der Waals surface area contributed by atoms with Crippen LogP contribution in [0.4, 0.5) is 5.82 Å². The Morgan fingerprint density at radius 2 is 2.21 bits per heavy atom. The minimum absolute atomic E-state index is 0.149. The van der Waals surface area contributed by atoms with Crippen molar-refractivity contribution in [2.24, 2.45) is 0 Å². The van der Waals surface area contributed by atoms with Crippen molar-refractivity contribution in [3.63, 3.8) is 0 Å². The number of nitrogens with zero attached hydrogens (tertiary/aromatic N) is 2. The highest BCUT2D eigenvalue weighted by Crippen LogP contribution is 2.11. The number of nitrogens with two attached hydrogens (primary N) is 1. The van der Waals surface area contributed by atoms with E-state index in [1.807, 2.05) is 27.1 Å². The number of likely N-dealkylation sites (N-methyl/N-ethyl adjacent to an activating group) is 1. The van der Waals surface area contributed by atoms with Gasteiger partial charge in [-0.1, -0.05) is 0 Å². The molecule has 1 aromatic heterocycles. The van der Waals surface area contributed by atoms with Crippen LogP contribution in [0, 0.1) is 0 Å². The summed E-state index contributed by atoms with van der Waals surface area (Å²) in [5.41, 5.74) is 5.46. The number of ether oxygens (including phenoxy) is 1. The Labute approximate surface area is 84.7 Å². The first-order chi connectivity index (χ1) is 6.58. The molecule has 1 atom stereocenters. The molecule has 4 heteroatoms. The van der Waals surface area contributed by atoms with E-state index < -0.39 is 0 Å². The van der Waals surface area contributed by atoms with E-state index in [-0.39, 0.29) is 6.10 Å². The Hall–Kier alpha value is -1.29. The summed E-state index contributed by atoms with van der Waals surface area (Å²) in [4.78, 5) is 6.03. The molecule has 1 aromatic rings. The summed E-state index contributed by atoms with van der Waals surface area (Å²) in [5, 5.41) is 0. The zero-order valence-electron chi connectivity index (χ0n) is 8.90. The molecule has 0 saturated carbocycles. The fourth-order valence-corrected chi connectivity index (χ4v) is 1.25. The van der Waals surface area contributed by atoms with Crippen LogP contribution in [0.25, 0.3) is 0 Å². The van der Waals surface area contributed by atoms with Crippen LogP contribution in [-0.2, 0) is 0 Å². The molecule has 0 aliphatic rings. The van der Waals surface area contributed by atoms with Crippen LogP contribution >= 0.6 is 0 Å². The van der Waals surface area contributed by atoms with Gasteiger partial charge in [-0.2, -0.15) is 0 Å². The summed E-state index contributed by atoms with van der Waals surface area (Å²) in [5.74, 6) is 1.27. The molecule has 1 rings (SSSR count). The summed E-state index contributed by atoms with van der Waals surface area (Å²) < 4.78 is 5.62. The molecule has 14 heavy (non-hydrogen) atoms. The minimum Gasteiger partial charge on any atom is -0.488 e. The summed E-state index contributed by atoms with van der Waals surface area (Å²) in [6.07, 6.45) is 1.79. The first-order valence-electron chi connectivity index (χ1n) is 4.61. The highest BCUT2D eigenvalue weighted by atomic mass is 16.5. The summed E-state index contributed by atoms with van der Waals surface area (Å²) in [6, 6.07) is 3.56. The van der Waals surface area contributed by atoms with Crippen LogP contribution in [0.2, 0.25) is 0 Å². The lowest BCUT2D eigenvalue weighted by molar-refractivity contribution is 0.176. The first kappa shape index (κ1) is 10.8. The third kappa shape index (κ3) is 3.62. The molecule has 0 amide bonds. The maximum Gasteiger partial charge on any atom is 0.138 e. The van der Waals surface area contributed by atoms with Gasteiger partial charge in [0, 0.05) is 6.54 Å². The molecular formula is C10H17N3O. The third-order valence-corrected chi connectivity index (χ3v) is 1.72. The van der Waals surface area contributed by atoms with E-state index in [1.54, 1.807) is 12.3 Å². The lowest BCUT2D eigenvalue weighted by Crippen LogP contribution is -2.27. The van der Waals surface area contributed by atoms with Crippen LogP contribution < -0.4 is 10.5 Å². The van der Waals surface area contributed by atoms with Crippen LogP contribution in [0.1, 0.15) is 6.92 Å². The number of rotatable bonds is 4. The topological polar surface area (TPSA) is 51.4 Å². The van der Waals surface area contributed by atoms with Crippen molar-refractivity contribution in [1.82, 2.24) is 9.88 Å². The molecular weight excluding hydrogens is 178 g/mol. The maximum atomic E-state index is 5.62. The van der Waals surface area contributed by atoms with E-state index >= 15 is 0 Å². The first-order valence-corrected chi connectivity index (χ1v) is 4.61. The normalized spacial score (nSPS) is 12.9. The smallest absolute Gasteiger partial charge is 0.138 e. The van der Waals surface area contributed by atoms with Gasteiger partial charge in [-0.3, -0.25) is 0 Å². The Balaban J connectivity index is 2.47. The van der Waals surface area contributed by atoms with Crippen molar-refractivity contribution in [2.75, 3.05) is 26.4 Å². The molecule has 0 saturated heterocycles. The minimum atomic E-state index is 0.149. The van der Waals surface area contributed by atoms with Gasteiger partial charge in [0.05, 0.1) is 6.20 Å². The van der Waals surface area contributed by atoms with E-state index in [1.165, 1.54) is 0 Å². The molecule has 0 aromatic carbocycles. The Kier molecular flexibility index (Phi) is 3.71. The highest BCUT2D eigenvalue weighted by molar-refractivity contribution is 5.32. The summed E-state index contributed by atoms with van der Waals surface area (Å²) in [6.45, 7) is 2.90. The average molecular weight is 195 g/mol. The van der Waals surface area contributed by atoms with E-state index in [4.69, 9.17) is 10.5 Å². The van der Waals surface area contributed by atoms with Gasteiger partial charge >= 0.3 is 0 Å². The number of aromatic nitrogens is 1. The largest absolute Gasteiger partial charge is 0.488 e. The molecule has 0 aliphatic carbocycles. The predicted molar refractivity (Wildman–Crippen MR) is 57.3 cm³/mol. The molecule has 0 radical (unpaired) electrons. The van der Waals surface area contributed by atoms with Crippen molar-refractivity contribution >= 4 is 5.82 Å². The molecule has 4 nitrogen and oxygen atoms in total. The Morgan fingerprint density at radius 3 is 2.71 bits per heavy atom. The van der Waals surface area contributed by atoms with Crippen molar-refractivity contribution in [1.29, 1.82) is 0 Å². The Morgan fingerprint density at radius 1 is 1.50 bits per heavy atom. The van der Waals surface area contributed by atoms with Crippen molar-refractivity contribution in [3.05, 3.63) is 18.3 Å². The molecule has 0 aliphatic heterocycles. The molecule has 0 fully saturated rings. The van der Waals surface area contributed by atoms with Crippen molar-refractivity contribution in [3.8, 4) is 5.75 Å². The van der Waals surface area contributed by atoms with Crippen LogP contribution in [0.15, 0.2) is 18.3 Å². The van der Waals surface area contributed by atoms with Crippen LogP contribution in [0.5, 0.6) is 5.75 Å². The molecule has 1 heterocycles. The SMILES string of the molecule is CC(CN(C)C)Oc1ccc(N)nc1. The van der Waals surface area contributed by atoms with Gasteiger partial charge in [-0.15, -0.1) is 0 Å². The second-order valence-corrected chi connectivity index (χ2v) is 3.61. The lowest BCUT2D eigenvalue weighted by Gasteiger charge is -2.18. The van der Waals surface area contributed by atoms with E-state index in [0.29, 0.717) is 5.82 Å². The van der Waals surface area contributed by atoms with E-state index in [0.717, 1.165) is 12.3 Å². The molecule has 2 N–H and O–H groups in total. The number of hydrogen-bond donors (Lipinski definition) is 1. The fraction of sp³-hybridized carbons (Fsp3) is 0.500. The highest BCUT2D eigenvalue weighted by Gasteiger charge is 2.04. The van der Waals surface area contributed by atoms with Gasteiger partial charge < -0.3 is 15.4 Å². The van der Waals surface area contributed by atoms with Crippen molar-refractivity contribution < 1.29 is 4.74 Å². The van der Waals surface area contributed by atoms with E-state index in [2.05, 4.69) is 9.88 Å². The molecule has 0 spiro atoms. The maximum absolute atomic E-state index is 5.62. The Bertz CT molecular complexity index is 271. The average Bonchev–Trinajstić information content (AvgIpc) is 2.07. The number of nitrogen functional groups attached to an aromatic ring is 1. The van der Waals surface area contributed by atoms with Gasteiger partial charge in [0.15, 0.2) is 0 Å². The standard InChI is InChI=1S/C10H17N3O/c1-8(7-13(2)3)14-9-4-5-10(11)12-6-9/h4-6,8H,7H2,1-3H3,(H2,11,12). The molecule has 78 valence electrons. The summed E-state index contributed by atoms with van der Waals surface area (Å²) in [7, 11) is 4.03. The number of hydrogen-bond acceptors (Lipinski definition) is 4. The van der Waals surface area contributed by atoms with E-state index in [9.17, 15) is 0 Å². The quantitative estimate of drug-likeness (QED) is 0.778. The van der Waals surface area contributed by atoms with Gasteiger partial charge in [0.2, 0.25) is 0 Å². The zero-order valence-corrected chi connectivity index (χ0v) is 8.90. The van der Waals surface area contributed by atoms with Crippen molar-refractivity contribution in [2.45, 2.75) is 13.0 Å². The van der Waals surface area contributed by atoms with Gasteiger partial charge in [0.1, 0.15) is 17.7 Å².